The first kappa shape index (κ1) is 23.8. The topological polar surface area (TPSA) is 132 Å². The summed E-state index contributed by atoms with van der Waals surface area (Å²) in [5, 5.41) is 13.4. The highest BCUT2D eigenvalue weighted by Crippen LogP contribution is 2.34. The van der Waals surface area contributed by atoms with Crippen molar-refractivity contribution < 1.29 is 32.6 Å². The van der Waals surface area contributed by atoms with Crippen LogP contribution in [0.5, 0.6) is 0 Å². The molecule has 0 radical (unpaired) electrons. The summed E-state index contributed by atoms with van der Waals surface area (Å²) in [4.78, 5) is 28.8. The Labute approximate surface area is 196 Å². The number of anilines is 1. The van der Waals surface area contributed by atoms with E-state index in [1.807, 2.05) is 0 Å². The lowest BCUT2D eigenvalue weighted by Crippen LogP contribution is -2.31. The number of aromatic nitrogens is 1. The summed E-state index contributed by atoms with van der Waals surface area (Å²) in [6.45, 7) is 2.61. The van der Waals surface area contributed by atoms with E-state index in [1.165, 1.54) is 19.1 Å². The van der Waals surface area contributed by atoms with Crippen molar-refractivity contribution in [2.45, 2.75) is 60.9 Å². The SMILES string of the molecule is CC(C(=O)O)c1csc(NC(=O)C(OC2CCOCC2)c2ccc(S(=O)(=O)C3CC3)cc2)n1. The Bertz CT molecular complexity index is 1100. The summed E-state index contributed by atoms with van der Waals surface area (Å²) in [5.41, 5.74) is 0.892. The summed E-state index contributed by atoms with van der Waals surface area (Å²) in [6.07, 6.45) is 1.50. The normalized spacial score (nSPS) is 19.1. The molecule has 1 aliphatic heterocycles. The molecule has 2 fully saturated rings. The Morgan fingerprint density at radius 2 is 1.85 bits per heavy atom. The molecule has 2 heterocycles. The second kappa shape index (κ2) is 9.88. The molecule has 11 heteroatoms. The fourth-order valence-electron chi connectivity index (χ4n) is 3.54. The molecule has 0 spiro atoms. The van der Waals surface area contributed by atoms with Crippen molar-refractivity contribution in [3.8, 4) is 0 Å². The Morgan fingerprint density at radius 1 is 1.18 bits per heavy atom. The van der Waals surface area contributed by atoms with Crippen LogP contribution in [0.1, 0.15) is 55.9 Å². The zero-order valence-electron chi connectivity index (χ0n) is 18.1. The van der Waals surface area contributed by atoms with Gasteiger partial charge in [-0.05, 0) is 50.3 Å². The van der Waals surface area contributed by atoms with Crippen molar-refractivity contribution in [2.24, 2.45) is 0 Å². The van der Waals surface area contributed by atoms with Crippen molar-refractivity contribution in [3.63, 3.8) is 0 Å². The number of aliphatic carboxylic acids is 1. The molecule has 2 atom stereocenters. The Morgan fingerprint density at radius 3 is 2.45 bits per heavy atom. The minimum atomic E-state index is -3.33. The van der Waals surface area contributed by atoms with Crippen molar-refractivity contribution in [1.29, 1.82) is 0 Å². The predicted molar refractivity (Wildman–Crippen MR) is 121 cm³/mol. The van der Waals surface area contributed by atoms with E-state index in [0.717, 1.165) is 11.3 Å². The molecule has 1 aromatic carbocycles. The third-order valence-electron chi connectivity index (χ3n) is 5.78. The van der Waals surface area contributed by atoms with Crippen molar-refractivity contribution in [3.05, 3.63) is 40.9 Å². The molecule has 178 valence electrons. The van der Waals surface area contributed by atoms with Gasteiger partial charge in [-0.1, -0.05) is 12.1 Å². The molecule has 4 rings (SSSR count). The number of carbonyl (C=O) groups excluding carboxylic acids is 1. The molecule has 33 heavy (non-hydrogen) atoms. The lowest BCUT2D eigenvalue weighted by atomic mass is 10.1. The van der Waals surface area contributed by atoms with E-state index in [-0.39, 0.29) is 21.4 Å². The number of nitrogens with one attached hydrogen (secondary N) is 1. The van der Waals surface area contributed by atoms with E-state index in [1.54, 1.807) is 17.5 Å². The molecule has 9 nitrogen and oxygen atoms in total. The van der Waals surface area contributed by atoms with Gasteiger partial charge in [-0.3, -0.25) is 14.9 Å². The third kappa shape index (κ3) is 5.60. The lowest BCUT2D eigenvalue weighted by Gasteiger charge is -2.27. The van der Waals surface area contributed by atoms with Gasteiger partial charge in [-0.25, -0.2) is 13.4 Å². The van der Waals surface area contributed by atoms with Crippen LogP contribution in [-0.2, 0) is 28.9 Å². The van der Waals surface area contributed by atoms with Crippen LogP contribution in [0.15, 0.2) is 34.5 Å². The largest absolute Gasteiger partial charge is 0.481 e. The number of thiazole rings is 1. The maximum Gasteiger partial charge on any atom is 0.312 e. The second-order valence-corrected chi connectivity index (χ2v) is 11.4. The zero-order valence-corrected chi connectivity index (χ0v) is 19.7. The molecule has 1 amide bonds. The molecule has 1 aliphatic carbocycles. The summed E-state index contributed by atoms with van der Waals surface area (Å²) < 4.78 is 36.5. The number of rotatable bonds is 9. The highest BCUT2D eigenvalue weighted by Gasteiger charge is 2.37. The predicted octanol–water partition coefficient (Wildman–Crippen LogP) is 3.14. The number of amides is 1. The number of nitrogens with zero attached hydrogens (tertiary/aromatic N) is 1. The Balaban J connectivity index is 1.54. The van der Waals surface area contributed by atoms with Crippen LogP contribution in [0, 0.1) is 0 Å². The number of ether oxygens (including phenoxy) is 2. The van der Waals surface area contributed by atoms with E-state index in [2.05, 4.69) is 10.3 Å². The molecule has 1 saturated heterocycles. The first-order valence-corrected chi connectivity index (χ1v) is 13.2. The monoisotopic (exact) mass is 494 g/mol. The maximum absolute atomic E-state index is 13.2. The minimum absolute atomic E-state index is 0.178. The van der Waals surface area contributed by atoms with Gasteiger partial charge in [0.15, 0.2) is 21.1 Å². The smallest absolute Gasteiger partial charge is 0.312 e. The number of carboxylic acid groups (broad SMARTS) is 1. The fourth-order valence-corrected chi connectivity index (χ4v) is 6.00. The summed E-state index contributed by atoms with van der Waals surface area (Å²) in [5.74, 6) is -2.24. The van der Waals surface area contributed by atoms with Gasteiger partial charge in [0.2, 0.25) is 0 Å². The highest BCUT2D eigenvalue weighted by molar-refractivity contribution is 7.92. The fraction of sp³-hybridized carbons (Fsp3) is 0.500. The van der Waals surface area contributed by atoms with Crippen LogP contribution in [-0.4, -0.2) is 55.0 Å². The van der Waals surface area contributed by atoms with Crippen LogP contribution in [0.3, 0.4) is 0 Å². The number of benzene rings is 1. The van der Waals surface area contributed by atoms with Crippen LogP contribution in [0.2, 0.25) is 0 Å². The average molecular weight is 495 g/mol. The Kier molecular flexibility index (Phi) is 7.13. The lowest BCUT2D eigenvalue weighted by molar-refractivity contribution is -0.138. The number of hydrogen-bond acceptors (Lipinski definition) is 8. The van der Waals surface area contributed by atoms with Crippen LogP contribution < -0.4 is 5.32 Å². The van der Waals surface area contributed by atoms with Gasteiger partial charge in [0.1, 0.15) is 0 Å². The van der Waals surface area contributed by atoms with E-state index < -0.39 is 33.7 Å². The van der Waals surface area contributed by atoms with E-state index >= 15 is 0 Å². The van der Waals surface area contributed by atoms with Gasteiger partial charge in [0.05, 0.1) is 27.9 Å². The second-order valence-electron chi connectivity index (χ2n) is 8.27. The molecular formula is C22H26N2O7S2. The standard InChI is InChI=1S/C22H26N2O7S2/c1-13(21(26)27)18-12-32-22(23-18)24-20(25)19(31-15-8-10-30-11-9-15)14-2-4-16(5-3-14)33(28,29)17-6-7-17/h2-5,12-13,15,17,19H,6-11H2,1H3,(H,26,27)(H,23,24,25). The van der Waals surface area contributed by atoms with Crippen LogP contribution in [0.25, 0.3) is 0 Å². The van der Waals surface area contributed by atoms with Crippen LogP contribution >= 0.6 is 11.3 Å². The van der Waals surface area contributed by atoms with Gasteiger partial charge < -0.3 is 14.6 Å². The van der Waals surface area contributed by atoms with E-state index in [0.29, 0.717) is 50.2 Å². The Hall–Kier alpha value is -2.34. The van der Waals surface area contributed by atoms with Gasteiger partial charge >= 0.3 is 5.97 Å². The quantitative estimate of drug-likeness (QED) is 0.543. The molecule has 2 unspecified atom stereocenters. The minimum Gasteiger partial charge on any atom is -0.481 e. The van der Waals surface area contributed by atoms with Gasteiger partial charge in [-0.15, -0.1) is 11.3 Å². The number of sulfone groups is 1. The average Bonchev–Trinajstić information content (AvgIpc) is 3.58. The van der Waals surface area contributed by atoms with Crippen molar-refractivity contribution in [1.82, 2.24) is 4.98 Å². The van der Waals surface area contributed by atoms with Crippen molar-refractivity contribution >= 4 is 38.2 Å². The summed E-state index contributed by atoms with van der Waals surface area (Å²) >= 11 is 1.14. The molecule has 2 aromatic rings. The number of hydrogen-bond donors (Lipinski definition) is 2. The first-order chi connectivity index (χ1) is 15.8. The highest BCUT2D eigenvalue weighted by atomic mass is 32.2. The summed E-state index contributed by atoms with van der Waals surface area (Å²) in [6, 6.07) is 6.26. The van der Waals surface area contributed by atoms with Crippen molar-refractivity contribution in [2.75, 3.05) is 18.5 Å². The van der Waals surface area contributed by atoms with E-state index in [4.69, 9.17) is 14.6 Å². The first-order valence-electron chi connectivity index (χ1n) is 10.8. The third-order valence-corrected chi connectivity index (χ3v) is 8.83. The van der Waals surface area contributed by atoms with Crippen LogP contribution in [0.4, 0.5) is 5.13 Å². The maximum atomic E-state index is 13.2. The van der Waals surface area contributed by atoms with E-state index in [9.17, 15) is 18.0 Å². The summed E-state index contributed by atoms with van der Waals surface area (Å²) in [7, 11) is -3.33. The van der Waals surface area contributed by atoms with Gasteiger partial charge in [0.25, 0.3) is 5.91 Å². The number of carbonyl (C=O) groups is 2. The molecule has 1 saturated carbocycles. The molecule has 0 bridgehead atoms. The van der Waals surface area contributed by atoms with Gasteiger partial charge in [-0.2, -0.15) is 0 Å². The van der Waals surface area contributed by atoms with Gasteiger partial charge in [0, 0.05) is 18.6 Å². The molecule has 1 aromatic heterocycles. The number of carboxylic acids is 1. The molecule has 2 N–H and O–H groups in total. The molecule has 2 aliphatic rings. The zero-order chi connectivity index (χ0) is 23.6. The molecular weight excluding hydrogens is 468 g/mol.